The fourth-order valence-corrected chi connectivity index (χ4v) is 2.49. The first-order valence-corrected chi connectivity index (χ1v) is 6.50. The van der Waals surface area contributed by atoms with Crippen molar-refractivity contribution in [1.82, 2.24) is 15.0 Å². The number of carbonyl (C=O) groups is 1. The maximum absolute atomic E-state index is 12.3. The molecule has 0 fully saturated rings. The maximum Gasteiger partial charge on any atom is 0.336 e. The molecule has 0 unspecified atom stereocenters. The Labute approximate surface area is 109 Å². The number of hydrogen-bond donors (Lipinski definition) is 1. The summed E-state index contributed by atoms with van der Waals surface area (Å²) in [6.45, 7) is 0. The second kappa shape index (κ2) is 4.98. The summed E-state index contributed by atoms with van der Waals surface area (Å²) in [6, 6.07) is 4.54. The Morgan fingerprint density at radius 1 is 1.05 bits per heavy atom. The molecule has 0 radical (unpaired) electrons. The van der Waals surface area contributed by atoms with Gasteiger partial charge in [0.2, 0.25) is 5.95 Å². The molecule has 0 aromatic carbocycles. The summed E-state index contributed by atoms with van der Waals surface area (Å²) in [4.78, 5) is 22.5. The number of hydrogen-bond acceptors (Lipinski definition) is 6. The van der Waals surface area contributed by atoms with Gasteiger partial charge < -0.3 is 5.73 Å². The van der Waals surface area contributed by atoms with Gasteiger partial charge in [-0.05, 0) is 18.2 Å². The molecule has 2 amide bonds. The molecule has 0 bridgehead atoms. The van der Waals surface area contributed by atoms with E-state index in [9.17, 15) is 13.2 Å². The lowest BCUT2D eigenvalue weighted by Gasteiger charge is -2.17. The smallest absolute Gasteiger partial charge is 0.336 e. The van der Waals surface area contributed by atoms with E-state index in [-0.39, 0.29) is 11.0 Å². The van der Waals surface area contributed by atoms with Crippen LogP contribution in [-0.4, -0.2) is 29.4 Å². The fourth-order valence-electron chi connectivity index (χ4n) is 1.31. The number of primary amides is 1. The van der Waals surface area contributed by atoms with E-state index in [4.69, 9.17) is 5.73 Å². The van der Waals surface area contributed by atoms with E-state index >= 15 is 0 Å². The van der Waals surface area contributed by atoms with Gasteiger partial charge in [-0.1, -0.05) is 6.07 Å². The van der Waals surface area contributed by atoms with Crippen LogP contribution in [0.3, 0.4) is 0 Å². The standard InChI is InChI=1S/C10H9N5O3S/c11-9(16)15(10-13-6-3-7-14-10)19(17,18)8-4-1-2-5-12-8/h1-7H,(H2,11,16). The Hall–Kier alpha value is -2.55. The molecule has 0 saturated carbocycles. The van der Waals surface area contributed by atoms with Crippen LogP contribution in [0.25, 0.3) is 0 Å². The van der Waals surface area contributed by atoms with Gasteiger partial charge in [0.15, 0.2) is 5.03 Å². The largest absolute Gasteiger partial charge is 0.350 e. The van der Waals surface area contributed by atoms with E-state index in [1.807, 2.05) is 0 Å². The molecule has 0 atom stereocenters. The quantitative estimate of drug-likeness (QED) is 0.853. The lowest BCUT2D eigenvalue weighted by molar-refractivity contribution is 0.256. The van der Waals surface area contributed by atoms with Crippen LogP contribution in [0.1, 0.15) is 0 Å². The van der Waals surface area contributed by atoms with E-state index < -0.39 is 16.1 Å². The molecule has 8 nitrogen and oxygen atoms in total. The number of carbonyl (C=O) groups excluding carboxylic acids is 1. The second-order valence-corrected chi connectivity index (χ2v) is 5.06. The number of nitrogens with zero attached hydrogens (tertiary/aromatic N) is 4. The molecule has 9 heteroatoms. The van der Waals surface area contributed by atoms with Crippen molar-refractivity contribution in [3.05, 3.63) is 42.9 Å². The minimum Gasteiger partial charge on any atom is -0.350 e. The Morgan fingerprint density at radius 2 is 1.68 bits per heavy atom. The second-order valence-electron chi connectivity index (χ2n) is 3.32. The molecule has 2 heterocycles. The molecule has 0 spiro atoms. The molecule has 0 aliphatic rings. The van der Waals surface area contributed by atoms with Crippen molar-refractivity contribution in [3.8, 4) is 0 Å². The number of aromatic nitrogens is 3. The van der Waals surface area contributed by atoms with E-state index in [0.29, 0.717) is 4.31 Å². The van der Waals surface area contributed by atoms with Crippen LogP contribution in [0.15, 0.2) is 47.9 Å². The van der Waals surface area contributed by atoms with Crippen molar-refractivity contribution >= 4 is 22.0 Å². The third kappa shape index (κ3) is 2.50. The Bertz CT molecular complexity index is 675. The molecule has 98 valence electrons. The highest BCUT2D eigenvalue weighted by atomic mass is 32.2. The Kier molecular flexibility index (Phi) is 3.38. The maximum atomic E-state index is 12.3. The zero-order valence-electron chi connectivity index (χ0n) is 9.54. The van der Waals surface area contributed by atoms with Crippen LogP contribution < -0.4 is 10.0 Å². The molecule has 2 N–H and O–H groups in total. The van der Waals surface area contributed by atoms with Gasteiger partial charge in [0, 0.05) is 18.6 Å². The van der Waals surface area contributed by atoms with Crippen molar-refractivity contribution in [2.75, 3.05) is 4.31 Å². The molecular weight excluding hydrogens is 270 g/mol. The number of rotatable bonds is 3. The first kappa shape index (κ1) is 12.9. The zero-order valence-corrected chi connectivity index (χ0v) is 10.4. The molecule has 0 aliphatic carbocycles. The van der Waals surface area contributed by atoms with Crippen LogP contribution in [0.4, 0.5) is 10.7 Å². The van der Waals surface area contributed by atoms with Gasteiger partial charge in [0.25, 0.3) is 10.0 Å². The van der Waals surface area contributed by atoms with Crippen molar-refractivity contribution < 1.29 is 13.2 Å². The summed E-state index contributed by atoms with van der Waals surface area (Å²) in [5.74, 6) is -0.333. The Morgan fingerprint density at radius 3 is 2.21 bits per heavy atom. The summed E-state index contributed by atoms with van der Waals surface area (Å²) in [5.41, 5.74) is 5.09. The van der Waals surface area contributed by atoms with Crippen molar-refractivity contribution in [1.29, 1.82) is 0 Å². The Balaban J connectivity index is 2.55. The number of amides is 2. The number of nitrogens with two attached hydrogens (primary N) is 1. The summed E-state index contributed by atoms with van der Waals surface area (Å²) < 4.78 is 24.8. The molecule has 2 aromatic rings. The average molecular weight is 279 g/mol. The molecule has 0 aliphatic heterocycles. The monoisotopic (exact) mass is 279 g/mol. The summed E-state index contributed by atoms with van der Waals surface area (Å²) in [5, 5.41) is -0.318. The molecule has 2 aromatic heterocycles. The predicted octanol–water partition coefficient (Wildman–Crippen LogP) is 0.146. The summed E-state index contributed by atoms with van der Waals surface area (Å²) in [6.07, 6.45) is 3.89. The van der Waals surface area contributed by atoms with Gasteiger partial charge in [0.05, 0.1) is 0 Å². The minimum absolute atomic E-state index is 0.301. The SMILES string of the molecule is NC(=O)N(c1ncccn1)S(=O)(=O)c1ccccn1. The van der Waals surface area contributed by atoms with E-state index in [2.05, 4.69) is 15.0 Å². The first-order chi connectivity index (χ1) is 9.03. The number of urea groups is 1. The number of pyridine rings is 1. The summed E-state index contributed by atoms with van der Waals surface area (Å²) in [7, 11) is -4.23. The van der Waals surface area contributed by atoms with Crippen LogP contribution >= 0.6 is 0 Å². The van der Waals surface area contributed by atoms with E-state index in [0.717, 1.165) is 0 Å². The zero-order chi connectivity index (χ0) is 13.9. The highest BCUT2D eigenvalue weighted by molar-refractivity contribution is 7.93. The number of sulfonamides is 1. The average Bonchev–Trinajstić information content (AvgIpc) is 2.40. The highest BCUT2D eigenvalue weighted by Crippen LogP contribution is 2.17. The fraction of sp³-hybridized carbons (Fsp3) is 0. The predicted molar refractivity (Wildman–Crippen MR) is 65.5 cm³/mol. The molecule has 2 rings (SSSR count). The lowest BCUT2D eigenvalue weighted by atomic mass is 10.5. The van der Waals surface area contributed by atoms with Crippen molar-refractivity contribution in [2.45, 2.75) is 5.03 Å². The van der Waals surface area contributed by atoms with Gasteiger partial charge in [-0.3, -0.25) is 0 Å². The highest BCUT2D eigenvalue weighted by Gasteiger charge is 2.32. The van der Waals surface area contributed by atoms with Gasteiger partial charge in [-0.2, -0.15) is 8.42 Å². The third-order valence-electron chi connectivity index (χ3n) is 2.08. The van der Waals surface area contributed by atoms with Gasteiger partial charge in [-0.15, -0.1) is 4.31 Å². The van der Waals surface area contributed by atoms with Crippen LogP contribution in [0.2, 0.25) is 0 Å². The van der Waals surface area contributed by atoms with E-state index in [1.165, 1.54) is 36.8 Å². The third-order valence-corrected chi connectivity index (χ3v) is 3.67. The van der Waals surface area contributed by atoms with Crippen LogP contribution in [0.5, 0.6) is 0 Å². The lowest BCUT2D eigenvalue weighted by Crippen LogP contribution is -2.42. The van der Waals surface area contributed by atoms with Crippen molar-refractivity contribution in [3.63, 3.8) is 0 Å². The van der Waals surface area contributed by atoms with Crippen LogP contribution in [0, 0.1) is 0 Å². The normalized spacial score (nSPS) is 10.9. The topological polar surface area (TPSA) is 119 Å². The summed E-state index contributed by atoms with van der Waals surface area (Å²) >= 11 is 0. The molecule has 0 saturated heterocycles. The van der Waals surface area contributed by atoms with Crippen LogP contribution in [-0.2, 0) is 10.0 Å². The first-order valence-electron chi connectivity index (χ1n) is 5.06. The molecular formula is C10H9N5O3S. The van der Waals surface area contributed by atoms with E-state index in [1.54, 1.807) is 6.07 Å². The van der Waals surface area contributed by atoms with Gasteiger partial charge in [-0.25, -0.2) is 19.7 Å². The van der Waals surface area contributed by atoms with Gasteiger partial charge in [0.1, 0.15) is 0 Å². The molecule has 19 heavy (non-hydrogen) atoms. The van der Waals surface area contributed by atoms with Gasteiger partial charge >= 0.3 is 6.03 Å². The van der Waals surface area contributed by atoms with Crippen molar-refractivity contribution in [2.24, 2.45) is 5.73 Å². The minimum atomic E-state index is -4.23. The number of anilines is 1.